The lowest BCUT2D eigenvalue weighted by atomic mass is 9.96. The van der Waals surface area contributed by atoms with Crippen LogP contribution < -0.4 is 10.5 Å². The minimum Gasteiger partial charge on any atom is -0.493 e. The van der Waals surface area contributed by atoms with E-state index in [1.165, 1.54) is 16.7 Å². The lowest BCUT2D eigenvalue weighted by Crippen LogP contribution is -2.15. The summed E-state index contributed by atoms with van der Waals surface area (Å²) in [6.07, 6.45) is 0.938. The van der Waals surface area contributed by atoms with Crippen LogP contribution in [0.4, 0.5) is 0 Å². The van der Waals surface area contributed by atoms with Crippen molar-refractivity contribution in [1.29, 1.82) is 0 Å². The van der Waals surface area contributed by atoms with Crippen molar-refractivity contribution >= 4 is 0 Å². The minimum atomic E-state index is 0.362. The van der Waals surface area contributed by atoms with E-state index in [-0.39, 0.29) is 0 Å². The van der Waals surface area contributed by atoms with Crippen LogP contribution in [0.25, 0.3) is 0 Å². The van der Waals surface area contributed by atoms with Crippen LogP contribution in [-0.4, -0.2) is 13.2 Å². The van der Waals surface area contributed by atoms with Crippen molar-refractivity contribution in [3.05, 3.63) is 65.2 Å². The van der Waals surface area contributed by atoms with Crippen LogP contribution in [0.3, 0.4) is 0 Å². The molecule has 0 aliphatic rings. The average Bonchev–Trinajstić information content (AvgIpc) is 2.48. The van der Waals surface area contributed by atoms with Gasteiger partial charge in [0, 0.05) is 0 Å². The lowest BCUT2D eigenvalue weighted by molar-refractivity contribution is 0.296. The highest BCUT2D eigenvalue weighted by atomic mass is 16.5. The van der Waals surface area contributed by atoms with Gasteiger partial charge in [-0.05, 0) is 55.5 Å². The molecule has 20 heavy (non-hydrogen) atoms. The quantitative estimate of drug-likeness (QED) is 0.865. The van der Waals surface area contributed by atoms with Crippen molar-refractivity contribution in [2.45, 2.75) is 26.2 Å². The van der Waals surface area contributed by atoms with Gasteiger partial charge in [0.25, 0.3) is 0 Å². The van der Waals surface area contributed by atoms with Gasteiger partial charge in [0.2, 0.25) is 0 Å². The van der Waals surface area contributed by atoms with Gasteiger partial charge in [-0.25, -0.2) is 0 Å². The highest BCUT2D eigenvalue weighted by Crippen LogP contribution is 2.22. The number of hydrogen-bond acceptors (Lipinski definition) is 2. The van der Waals surface area contributed by atoms with Crippen LogP contribution in [-0.2, 0) is 0 Å². The molecule has 1 unspecified atom stereocenters. The van der Waals surface area contributed by atoms with Gasteiger partial charge in [0.15, 0.2) is 0 Å². The first kappa shape index (κ1) is 14.6. The van der Waals surface area contributed by atoms with Crippen LogP contribution in [0, 0.1) is 13.8 Å². The molecule has 0 saturated heterocycles. The molecule has 1 atom stereocenters. The highest BCUT2D eigenvalue weighted by Gasteiger charge is 2.09. The van der Waals surface area contributed by atoms with Gasteiger partial charge >= 0.3 is 0 Å². The summed E-state index contributed by atoms with van der Waals surface area (Å²) in [5.41, 5.74) is 9.58. The molecule has 2 rings (SSSR count). The van der Waals surface area contributed by atoms with Gasteiger partial charge in [-0.1, -0.05) is 42.5 Å². The van der Waals surface area contributed by atoms with Crippen LogP contribution >= 0.6 is 0 Å². The van der Waals surface area contributed by atoms with Crippen molar-refractivity contribution in [1.82, 2.24) is 0 Å². The van der Waals surface area contributed by atoms with Gasteiger partial charge in [0.05, 0.1) is 6.61 Å². The van der Waals surface area contributed by atoms with E-state index in [1.54, 1.807) is 0 Å². The number of ether oxygens (including phenoxy) is 1. The molecule has 2 nitrogen and oxygen atoms in total. The molecule has 0 heterocycles. The smallest absolute Gasteiger partial charge is 0.122 e. The average molecular weight is 269 g/mol. The predicted octanol–water partition coefficient (Wildman–Crippen LogP) is 3.81. The zero-order valence-electron chi connectivity index (χ0n) is 12.3. The van der Waals surface area contributed by atoms with Gasteiger partial charge in [0.1, 0.15) is 5.75 Å². The third-order valence-corrected chi connectivity index (χ3v) is 3.62. The van der Waals surface area contributed by atoms with Crippen LogP contribution in [0.5, 0.6) is 5.75 Å². The molecule has 2 aromatic carbocycles. The maximum Gasteiger partial charge on any atom is 0.122 e. The van der Waals surface area contributed by atoms with Crippen LogP contribution in [0.1, 0.15) is 29.0 Å². The minimum absolute atomic E-state index is 0.362. The summed E-state index contributed by atoms with van der Waals surface area (Å²) in [5, 5.41) is 0. The molecule has 0 aliphatic heterocycles. The first-order valence-electron chi connectivity index (χ1n) is 7.15. The Morgan fingerprint density at radius 1 is 1.05 bits per heavy atom. The Morgan fingerprint density at radius 2 is 1.80 bits per heavy atom. The molecule has 2 aromatic rings. The van der Waals surface area contributed by atoms with E-state index in [1.807, 2.05) is 6.07 Å². The van der Waals surface area contributed by atoms with E-state index in [0.29, 0.717) is 19.1 Å². The fourth-order valence-electron chi connectivity index (χ4n) is 2.32. The number of benzene rings is 2. The molecule has 0 aliphatic carbocycles. The summed E-state index contributed by atoms with van der Waals surface area (Å²) in [5.74, 6) is 1.34. The first-order chi connectivity index (χ1) is 9.70. The Bertz CT molecular complexity index is 536. The molecule has 2 heteroatoms. The fraction of sp³-hybridized carbons (Fsp3) is 0.333. The first-order valence-corrected chi connectivity index (χ1v) is 7.15. The van der Waals surface area contributed by atoms with Crippen LogP contribution in [0.2, 0.25) is 0 Å². The zero-order valence-corrected chi connectivity index (χ0v) is 12.3. The second-order valence-corrected chi connectivity index (χ2v) is 5.25. The fourth-order valence-corrected chi connectivity index (χ4v) is 2.32. The van der Waals surface area contributed by atoms with Gasteiger partial charge in [-0.2, -0.15) is 0 Å². The van der Waals surface area contributed by atoms with E-state index >= 15 is 0 Å². The number of rotatable bonds is 6. The van der Waals surface area contributed by atoms with Gasteiger partial charge in [-0.15, -0.1) is 0 Å². The summed E-state index contributed by atoms with van der Waals surface area (Å²) >= 11 is 0. The van der Waals surface area contributed by atoms with Crippen molar-refractivity contribution in [3.63, 3.8) is 0 Å². The Hall–Kier alpha value is -1.80. The van der Waals surface area contributed by atoms with E-state index < -0.39 is 0 Å². The standard InChI is InChI=1S/C18H23NO/c1-14-8-9-15(2)18(12-14)20-11-10-17(13-19)16-6-4-3-5-7-16/h3-9,12,17H,10-11,13,19H2,1-2H3. The maximum absolute atomic E-state index is 5.92. The topological polar surface area (TPSA) is 35.2 Å². The van der Waals surface area contributed by atoms with Crippen LogP contribution in [0.15, 0.2) is 48.5 Å². The SMILES string of the molecule is Cc1ccc(C)c(OCCC(CN)c2ccccc2)c1. The Morgan fingerprint density at radius 3 is 2.50 bits per heavy atom. The molecule has 2 N–H and O–H groups in total. The Balaban J connectivity index is 1.93. The third-order valence-electron chi connectivity index (χ3n) is 3.62. The largest absolute Gasteiger partial charge is 0.493 e. The third kappa shape index (κ3) is 3.84. The normalized spacial score (nSPS) is 12.2. The summed E-state index contributed by atoms with van der Waals surface area (Å²) < 4.78 is 5.92. The molecular formula is C18H23NO. The number of aryl methyl sites for hydroxylation is 2. The molecule has 0 bridgehead atoms. The summed E-state index contributed by atoms with van der Waals surface area (Å²) in [7, 11) is 0. The van der Waals surface area contributed by atoms with E-state index in [9.17, 15) is 0 Å². The molecule has 0 saturated carbocycles. The van der Waals surface area contributed by atoms with E-state index in [2.05, 4.69) is 56.3 Å². The van der Waals surface area contributed by atoms with Crippen molar-refractivity contribution < 1.29 is 4.74 Å². The molecule has 0 fully saturated rings. The lowest BCUT2D eigenvalue weighted by Gasteiger charge is -2.16. The maximum atomic E-state index is 5.92. The number of hydrogen-bond donors (Lipinski definition) is 1. The summed E-state index contributed by atoms with van der Waals surface area (Å²) in [6.45, 7) is 5.51. The summed E-state index contributed by atoms with van der Waals surface area (Å²) in [4.78, 5) is 0. The van der Waals surface area contributed by atoms with E-state index in [0.717, 1.165) is 12.2 Å². The monoisotopic (exact) mass is 269 g/mol. The highest BCUT2D eigenvalue weighted by molar-refractivity contribution is 5.36. The molecule has 0 spiro atoms. The summed E-state index contributed by atoms with van der Waals surface area (Å²) in [6, 6.07) is 16.7. The number of nitrogens with two attached hydrogens (primary N) is 1. The molecule has 0 aromatic heterocycles. The zero-order chi connectivity index (χ0) is 14.4. The Kier molecular flexibility index (Phi) is 5.19. The van der Waals surface area contributed by atoms with E-state index in [4.69, 9.17) is 10.5 Å². The molecule has 0 radical (unpaired) electrons. The van der Waals surface area contributed by atoms with Crippen molar-refractivity contribution in [3.8, 4) is 5.75 Å². The predicted molar refractivity (Wildman–Crippen MR) is 84.3 cm³/mol. The van der Waals surface area contributed by atoms with Crippen molar-refractivity contribution in [2.24, 2.45) is 5.73 Å². The second kappa shape index (κ2) is 7.11. The second-order valence-electron chi connectivity index (χ2n) is 5.25. The molecule has 106 valence electrons. The van der Waals surface area contributed by atoms with Gasteiger partial charge < -0.3 is 10.5 Å². The molecule has 0 amide bonds. The van der Waals surface area contributed by atoms with Gasteiger partial charge in [-0.3, -0.25) is 0 Å². The Labute approximate surface area is 121 Å². The molecular weight excluding hydrogens is 246 g/mol. The van der Waals surface area contributed by atoms with Crippen molar-refractivity contribution in [2.75, 3.05) is 13.2 Å².